The third kappa shape index (κ3) is 9.68. The lowest BCUT2D eigenvalue weighted by Gasteiger charge is -2.34. The Morgan fingerprint density at radius 1 is 1.11 bits per heavy atom. The maximum atomic E-state index is 14.0. The molecule has 0 radical (unpaired) electrons. The molecule has 2 atom stereocenters. The van der Waals surface area contributed by atoms with Gasteiger partial charge in [0.25, 0.3) is 0 Å². The molecule has 202 valence electrons. The predicted molar refractivity (Wildman–Crippen MR) is 147 cm³/mol. The number of unbranched alkanes of at least 4 members (excludes halogenated alkanes) is 2. The third-order valence-corrected chi connectivity index (χ3v) is 6.75. The van der Waals surface area contributed by atoms with E-state index in [1.165, 1.54) is 5.56 Å². The van der Waals surface area contributed by atoms with Crippen molar-refractivity contribution in [2.45, 2.75) is 103 Å². The molecule has 0 aliphatic heterocycles. The maximum absolute atomic E-state index is 14.0. The van der Waals surface area contributed by atoms with Crippen LogP contribution >= 0.6 is 11.8 Å². The Kier molecular flexibility index (Phi) is 12.1. The lowest BCUT2D eigenvalue weighted by molar-refractivity contribution is -0.143. The molecule has 1 fully saturated rings. The van der Waals surface area contributed by atoms with E-state index in [4.69, 9.17) is 4.74 Å². The first-order valence-electron chi connectivity index (χ1n) is 13.3. The molecule has 0 aromatic heterocycles. The number of hydrogen-bond donors (Lipinski definition) is 2. The van der Waals surface area contributed by atoms with Crippen LogP contribution in [-0.4, -0.2) is 59.0 Å². The van der Waals surface area contributed by atoms with Crippen molar-refractivity contribution in [1.82, 2.24) is 15.5 Å². The van der Waals surface area contributed by atoms with Crippen LogP contribution in [0.25, 0.3) is 0 Å². The number of carbonyl (C=O) groups is 3. The Labute approximate surface area is 221 Å². The maximum Gasteiger partial charge on any atom is 0.408 e. The van der Waals surface area contributed by atoms with Gasteiger partial charge in [-0.2, -0.15) is 11.8 Å². The Morgan fingerprint density at radius 3 is 2.31 bits per heavy atom. The summed E-state index contributed by atoms with van der Waals surface area (Å²) in [4.78, 5) is 41.9. The van der Waals surface area contributed by atoms with Gasteiger partial charge in [0.1, 0.15) is 17.7 Å². The fourth-order valence-electron chi connectivity index (χ4n) is 4.05. The number of hydrogen-bond acceptors (Lipinski definition) is 5. The molecule has 7 nitrogen and oxygen atoms in total. The number of nitrogens with one attached hydrogen (secondary N) is 2. The summed E-state index contributed by atoms with van der Waals surface area (Å²) in [5.74, 6) is 0.297. The Morgan fingerprint density at radius 2 is 1.78 bits per heavy atom. The number of carbonyl (C=O) groups excluding carboxylic acids is 3. The Balaban J connectivity index is 2.36. The molecule has 1 aromatic rings. The summed E-state index contributed by atoms with van der Waals surface area (Å²) >= 11 is 1.61. The number of thioether (sulfide) groups is 1. The summed E-state index contributed by atoms with van der Waals surface area (Å²) in [7, 11) is 0. The Hall–Kier alpha value is -2.22. The van der Waals surface area contributed by atoms with E-state index in [1.54, 1.807) is 37.4 Å². The van der Waals surface area contributed by atoms with Gasteiger partial charge in [-0.05, 0) is 76.0 Å². The summed E-state index contributed by atoms with van der Waals surface area (Å²) in [5.41, 5.74) is 1.30. The highest BCUT2D eigenvalue weighted by Gasteiger charge is 2.43. The quantitative estimate of drug-likeness (QED) is 0.329. The standard InChI is InChI=1S/C28H45N3O4S/c1-7-9-10-18-29-25(32)24(21-13-11-20(8-2)12-14-21)31(22-15-16-22)26(33)23(17-19-36-6)30-27(34)35-28(3,4)5/h11-14,22-24H,7-10,15-19H2,1-6H3,(H,29,32)(H,30,34). The van der Waals surface area contributed by atoms with E-state index in [9.17, 15) is 14.4 Å². The first kappa shape index (κ1) is 30.0. The molecular formula is C28H45N3O4S. The monoisotopic (exact) mass is 519 g/mol. The van der Waals surface area contributed by atoms with Crippen molar-refractivity contribution in [3.8, 4) is 0 Å². The first-order valence-corrected chi connectivity index (χ1v) is 14.7. The van der Waals surface area contributed by atoms with Gasteiger partial charge < -0.3 is 20.3 Å². The van der Waals surface area contributed by atoms with Crippen LogP contribution < -0.4 is 10.6 Å². The van der Waals surface area contributed by atoms with Crippen LogP contribution in [0.15, 0.2) is 24.3 Å². The fraction of sp³-hybridized carbons (Fsp3) is 0.679. The van der Waals surface area contributed by atoms with E-state index in [2.05, 4.69) is 24.5 Å². The van der Waals surface area contributed by atoms with Gasteiger partial charge >= 0.3 is 6.09 Å². The van der Waals surface area contributed by atoms with Crippen LogP contribution in [0, 0.1) is 0 Å². The molecule has 8 heteroatoms. The number of ether oxygens (including phenoxy) is 1. The van der Waals surface area contributed by atoms with Crippen molar-refractivity contribution in [2.75, 3.05) is 18.6 Å². The summed E-state index contributed by atoms with van der Waals surface area (Å²) in [5, 5.41) is 5.86. The van der Waals surface area contributed by atoms with Crippen LogP contribution in [-0.2, 0) is 20.7 Å². The highest BCUT2D eigenvalue weighted by Crippen LogP contribution is 2.36. The highest BCUT2D eigenvalue weighted by molar-refractivity contribution is 7.98. The number of aryl methyl sites for hydroxylation is 1. The number of rotatable bonds is 14. The molecule has 1 aliphatic carbocycles. The second-order valence-corrected chi connectivity index (χ2v) is 11.4. The zero-order valence-electron chi connectivity index (χ0n) is 22.9. The minimum atomic E-state index is -0.766. The molecule has 36 heavy (non-hydrogen) atoms. The lowest BCUT2D eigenvalue weighted by Crippen LogP contribution is -2.54. The van der Waals surface area contributed by atoms with Gasteiger partial charge in [0.05, 0.1) is 0 Å². The van der Waals surface area contributed by atoms with Crippen LogP contribution in [0.4, 0.5) is 4.79 Å². The molecule has 1 aliphatic rings. The molecule has 0 bridgehead atoms. The molecule has 2 rings (SSSR count). The van der Waals surface area contributed by atoms with Gasteiger partial charge in [-0.25, -0.2) is 4.79 Å². The largest absolute Gasteiger partial charge is 0.444 e. The first-order chi connectivity index (χ1) is 17.1. The summed E-state index contributed by atoms with van der Waals surface area (Å²) in [6.45, 7) is 10.2. The van der Waals surface area contributed by atoms with Crippen LogP contribution in [0.3, 0.4) is 0 Å². The molecule has 2 N–H and O–H groups in total. The zero-order chi connectivity index (χ0) is 26.7. The van der Waals surface area contributed by atoms with Crippen molar-refractivity contribution >= 4 is 29.7 Å². The second-order valence-electron chi connectivity index (χ2n) is 10.5. The number of amides is 3. The number of nitrogens with zero attached hydrogens (tertiary/aromatic N) is 1. The topological polar surface area (TPSA) is 87.7 Å². The molecule has 0 spiro atoms. The van der Waals surface area contributed by atoms with Crippen molar-refractivity contribution in [1.29, 1.82) is 0 Å². The summed E-state index contributed by atoms with van der Waals surface area (Å²) < 4.78 is 5.44. The second kappa shape index (κ2) is 14.5. The molecule has 1 saturated carbocycles. The van der Waals surface area contributed by atoms with Crippen molar-refractivity contribution < 1.29 is 19.1 Å². The molecular weight excluding hydrogens is 474 g/mol. The van der Waals surface area contributed by atoms with E-state index in [0.29, 0.717) is 18.7 Å². The van der Waals surface area contributed by atoms with Gasteiger partial charge in [0.15, 0.2) is 0 Å². The van der Waals surface area contributed by atoms with E-state index in [-0.39, 0.29) is 17.9 Å². The zero-order valence-corrected chi connectivity index (χ0v) is 23.7. The van der Waals surface area contributed by atoms with Gasteiger partial charge in [-0.3, -0.25) is 9.59 Å². The predicted octanol–water partition coefficient (Wildman–Crippen LogP) is 5.23. The molecule has 1 aromatic carbocycles. The molecule has 0 heterocycles. The van der Waals surface area contributed by atoms with Crippen molar-refractivity contribution in [3.05, 3.63) is 35.4 Å². The molecule has 2 unspecified atom stereocenters. The number of benzene rings is 1. The Bertz CT molecular complexity index is 849. The van der Waals surface area contributed by atoms with Crippen LogP contribution in [0.1, 0.15) is 90.3 Å². The van der Waals surface area contributed by atoms with E-state index in [0.717, 1.165) is 44.1 Å². The van der Waals surface area contributed by atoms with E-state index >= 15 is 0 Å². The smallest absolute Gasteiger partial charge is 0.408 e. The van der Waals surface area contributed by atoms with Crippen LogP contribution in [0.2, 0.25) is 0 Å². The summed E-state index contributed by atoms with van der Waals surface area (Å²) in [6, 6.07) is 6.42. The van der Waals surface area contributed by atoms with Crippen molar-refractivity contribution in [3.63, 3.8) is 0 Å². The normalized spacial score (nSPS) is 15.1. The van der Waals surface area contributed by atoms with Crippen molar-refractivity contribution in [2.24, 2.45) is 0 Å². The fourth-order valence-corrected chi connectivity index (χ4v) is 4.52. The van der Waals surface area contributed by atoms with Crippen LogP contribution in [0.5, 0.6) is 0 Å². The average molecular weight is 520 g/mol. The minimum Gasteiger partial charge on any atom is -0.444 e. The van der Waals surface area contributed by atoms with Gasteiger partial charge in [0, 0.05) is 12.6 Å². The SMILES string of the molecule is CCCCCNC(=O)C(c1ccc(CC)cc1)N(C(=O)C(CCSC)NC(=O)OC(C)(C)C)C1CC1. The third-order valence-electron chi connectivity index (χ3n) is 6.10. The van der Waals surface area contributed by atoms with Gasteiger partial charge in [0.2, 0.25) is 11.8 Å². The van der Waals surface area contributed by atoms with E-state index < -0.39 is 23.8 Å². The summed E-state index contributed by atoms with van der Waals surface area (Å²) in [6.07, 6.45) is 7.41. The average Bonchev–Trinajstić information content (AvgIpc) is 3.66. The van der Waals surface area contributed by atoms with Gasteiger partial charge in [-0.1, -0.05) is 51.0 Å². The molecule has 3 amide bonds. The van der Waals surface area contributed by atoms with E-state index in [1.807, 2.05) is 30.5 Å². The van der Waals surface area contributed by atoms with Gasteiger partial charge in [-0.15, -0.1) is 0 Å². The highest BCUT2D eigenvalue weighted by atomic mass is 32.2. The molecule has 0 saturated heterocycles. The minimum absolute atomic E-state index is 0.0213. The lowest BCUT2D eigenvalue weighted by atomic mass is 10.00. The number of alkyl carbamates (subject to hydrolysis) is 1.